The first-order chi connectivity index (χ1) is 8.15. The normalized spacial score (nSPS) is 15.2. The number of aryl methyl sites for hydroxylation is 1. The van der Waals surface area contributed by atoms with Gasteiger partial charge in [-0.3, -0.25) is 4.79 Å². The molecule has 0 saturated carbocycles. The third-order valence-electron chi connectivity index (χ3n) is 3.07. The van der Waals surface area contributed by atoms with Gasteiger partial charge in [-0.2, -0.15) is 0 Å². The Bertz CT molecular complexity index is 475. The van der Waals surface area contributed by atoms with Gasteiger partial charge in [0.2, 0.25) is 0 Å². The lowest BCUT2D eigenvalue weighted by Gasteiger charge is -2.13. The van der Waals surface area contributed by atoms with Gasteiger partial charge in [-0.25, -0.2) is 0 Å². The average Bonchev–Trinajstić information content (AvgIpc) is 2.47. The monoisotopic (exact) mass is 232 g/mol. The fourth-order valence-corrected chi connectivity index (χ4v) is 2.15. The van der Waals surface area contributed by atoms with Crippen LogP contribution in [0.25, 0.3) is 5.57 Å². The highest BCUT2D eigenvalue weighted by Gasteiger charge is 2.19. The third kappa shape index (κ3) is 2.18. The van der Waals surface area contributed by atoms with Crippen molar-refractivity contribution in [1.29, 1.82) is 0 Å². The lowest BCUT2D eigenvalue weighted by atomic mass is 9.99. The molecule has 1 aliphatic carbocycles. The zero-order chi connectivity index (χ0) is 12.4. The molecule has 3 heteroatoms. The molecule has 0 saturated heterocycles. The van der Waals surface area contributed by atoms with E-state index in [1.807, 2.05) is 12.1 Å². The molecule has 0 aliphatic heterocycles. The Morgan fingerprint density at radius 3 is 2.41 bits per heavy atom. The van der Waals surface area contributed by atoms with E-state index in [4.69, 9.17) is 9.47 Å². The Labute approximate surface area is 101 Å². The van der Waals surface area contributed by atoms with E-state index < -0.39 is 0 Å². The lowest BCUT2D eigenvalue weighted by Crippen LogP contribution is -1.96. The summed E-state index contributed by atoms with van der Waals surface area (Å²) in [4.78, 5) is 11.5. The van der Waals surface area contributed by atoms with Crippen molar-refractivity contribution in [2.45, 2.75) is 19.3 Å². The summed E-state index contributed by atoms with van der Waals surface area (Å²) >= 11 is 0. The Morgan fingerprint density at radius 2 is 1.76 bits per heavy atom. The van der Waals surface area contributed by atoms with Crippen molar-refractivity contribution < 1.29 is 14.3 Å². The highest BCUT2D eigenvalue weighted by Crippen LogP contribution is 2.36. The zero-order valence-electron chi connectivity index (χ0n) is 10.2. The molecule has 90 valence electrons. The minimum absolute atomic E-state index is 0.240. The van der Waals surface area contributed by atoms with Crippen LogP contribution in [0.1, 0.15) is 24.0 Å². The van der Waals surface area contributed by atoms with Gasteiger partial charge in [0, 0.05) is 12.8 Å². The summed E-state index contributed by atoms with van der Waals surface area (Å²) in [6.45, 7) is 3.98. The first-order valence-corrected chi connectivity index (χ1v) is 5.60. The number of allylic oxidation sites excluding steroid dienone is 1. The first-order valence-electron chi connectivity index (χ1n) is 5.60. The molecular weight excluding hydrogens is 216 g/mol. The number of methoxy groups -OCH3 is 2. The maximum Gasteiger partial charge on any atom is 0.161 e. The Morgan fingerprint density at radius 1 is 1.12 bits per heavy atom. The topological polar surface area (TPSA) is 35.5 Å². The minimum Gasteiger partial charge on any atom is -0.493 e. The predicted octanol–water partition coefficient (Wildman–Crippen LogP) is 2.62. The zero-order valence-corrected chi connectivity index (χ0v) is 10.2. The molecule has 2 rings (SSSR count). The van der Waals surface area contributed by atoms with Crippen molar-refractivity contribution in [3.05, 3.63) is 29.8 Å². The second kappa shape index (κ2) is 4.62. The summed E-state index contributed by atoms with van der Waals surface area (Å²) in [5.74, 6) is 1.62. The number of carbonyl (C=O) groups is 1. The summed E-state index contributed by atoms with van der Waals surface area (Å²) in [6, 6.07) is 3.85. The Balaban J connectivity index is 2.52. The molecule has 0 spiro atoms. The van der Waals surface area contributed by atoms with Gasteiger partial charge in [-0.15, -0.1) is 0 Å². The van der Waals surface area contributed by atoms with Crippen LogP contribution in [0.2, 0.25) is 0 Å². The molecule has 0 aromatic heterocycles. The molecule has 0 amide bonds. The van der Waals surface area contributed by atoms with Gasteiger partial charge < -0.3 is 9.47 Å². The number of benzene rings is 1. The second-order valence-electron chi connectivity index (χ2n) is 4.18. The summed E-state index contributed by atoms with van der Waals surface area (Å²) in [5, 5.41) is 0. The highest BCUT2D eigenvalue weighted by molar-refractivity contribution is 5.92. The van der Waals surface area contributed by atoms with Gasteiger partial charge in [-0.05, 0) is 35.3 Å². The van der Waals surface area contributed by atoms with Crippen molar-refractivity contribution in [2.75, 3.05) is 14.2 Å². The van der Waals surface area contributed by atoms with E-state index in [9.17, 15) is 4.79 Å². The smallest absolute Gasteiger partial charge is 0.161 e. The van der Waals surface area contributed by atoms with Crippen LogP contribution in [0.15, 0.2) is 18.7 Å². The number of hydrogen-bond donors (Lipinski definition) is 0. The number of ketones is 1. The minimum atomic E-state index is 0.240. The summed E-state index contributed by atoms with van der Waals surface area (Å²) < 4.78 is 10.5. The van der Waals surface area contributed by atoms with Gasteiger partial charge in [-0.1, -0.05) is 6.58 Å². The van der Waals surface area contributed by atoms with Crippen LogP contribution < -0.4 is 9.47 Å². The first kappa shape index (κ1) is 11.7. The fourth-order valence-electron chi connectivity index (χ4n) is 2.15. The highest BCUT2D eigenvalue weighted by atomic mass is 16.5. The van der Waals surface area contributed by atoms with Crippen molar-refractivity contribution in [2.24, 2.45) is 0 Å². The number of Topliss-reactive ketones (excluding diaryl/α,β-unsaturated/α-hetero) is 1. The largest absolute Gasteiger partial charge is 0.493 e. The van der Waals surface area contributed by atoms with Crippen molar-refractivity contribution in [1.82, 2.24) is 0 Å². The van der Waals surface area contributed by atoms with Crippen LogP contribution in [-0.2, 0) is 11.2 Å². The summed E-state index contributed by atoms with van der Waals surface area (Å²) in [5.41, 5.74) is 3.00. The molecule has 0 N–H and O–H groups in total. The molecule has 17 heavy (non-hydrogen) atoms. The van der Waals surface area contributed by atoms with E-state index in [2.05, 4.69) is 6.58 Å². The van der Waals surface area contributed by atoms with Gasteiger partial charge >= 0.3 is 0 Å². The van der Waals surface area contributed by atoms with E-state index in [0.29, 0.717) is 24.3 Å². The standard InChI is InChI=1S/C14H16O3/c1-9-6-11(15)5-4-10-7-13(16-2)14(17-3)8-12(9)10/h7-8H,1,4-6H2,2-3H3. The quantitative estimate of drug-likeness (QED) is 0.735. The number of ether oxygens (including phenoxy) is 2. The van der Waals surface area contributed by atoms with Crippen molar-refractivity contribution in [3.8, 4) is 11.5 Å². The molecule has 0 unspecified atom stereocenters. The van der Waals surface area contributed by atoms with E-state index in [1.54, 1.807) is 14.2 Å². The van der Waals surface area contributed by atoms with E-state index >= 15 is 0 Å². The molecular formula is C14H16O3. The summed E-state index contributed by atoms with van der Waals surface area (Å²) in [6.07, 6.45) is 1.75. The number of fused-ring (bicyclic) bond motifs is 1. The molecule has 3 nitrogen and oxygen atoms in total. The van der Waals surface area contributed by atoms with E-state index in [0.717, 1.165) is 23.1 Å². The van der Waals surface area contributed by atoms with Crippen LogP contribution in [-0.4, -0.2) is 20.0 Å². The summed E-state index contributed by atoms with van der Waals surface area (Å²) in [7, 11) is 3.22. The molecule has 1 aromatic rings. The van der Waals surface area contributed by atoms with Crippen LogP contribution in [0.5, 0.6) is 11.5 Å². The maximum atomic E-state index is 11.5. The van der Waals surface area contributed by atoms with Gasteiger partial charge in [0.05, 0.1) is 14.2 Å². The third-order valence-corrected chi connectivity index (χ3v) is 3.07. The van der Waals surface area contributed by atoms with Gasteiger partial charge in [0.1, 0.15) is 5.78 Å². The molecule has 1 aromatic carbocycles. The SMILES string of the molecule is C=C1CC(=O)CCc2cc(OC)c(OC)cc21. The van der Waals surface area contributed by atoms with Crippen LogP contribution in [0, 0.1) is 0 Å². The molecule has 0 radical (unpaired) electrons. The molecule has 0 bridgehead atoms. The lowest BCUT2D eigenvalue weighted by molar-refractivity contribution is -0.117. The number of carbonyl (C=O) groups excluding carboxylic acids is 1. The van der Waals surface area contributed by atoms with Crippen molar-refractivity contribution >= 4 is 11.4 Å². The molecule has 0 atom stereocenters. The van der Waals surface area contributed by atoms with Gasteiger partial charge in [0.25, 0.3) is 0 Å². The van der Waals surface area contributed by atoms with E-state index in [-0.39, 0.29) is 5.78 Å². The van der Waals surface area contributed by atoms with Crippen LogP contribution in [0.4, 0.5) is 0 Å². The molecule has 0 fully saturated rings. The second-order valence-corrected chi connectivity index (χ2v) is 4.18. The fraction of sp³-hybridized carbons (Fsp3) is 0.357. The predicted molar refractivity (Wildman–Crippen MR) is 66.5 cm³/mol. The van der Waals surface area contributed by atoms with Crippen LogP contribution in [0.3, 0.4) is 0 Å². The average molecular weight is 232 g/mol. The Hall–Kier alpha value is -1.77. The Kier molecular flexibility index (Phi) is 3.18. The number of rotatable bonds is 2. The maximum absolute atomic E-state index is 11.5. The van der Waals surface area contributed by atoms with Crippen LogP contribution >= 0.6 is 0 Å². The van der Waals surface area contributed by atoms with Gasteiger partial charge in [0.15, 0.2) is 11.5 Å². The molecule has 1 aliphatic rings. The van der Waals surface area contributed by atoms with E-state index in [1.165, 1.54) is 0 Å². The number of hydrogen-bond acceptors (Lipinski definition) is 3. The molecule has 0 heterocycles. The van der Waals surface area contributed by atoms with Crippen molar-refractivity contribution in [3.63, 3.8) is 0 Å².